The lowest BCUT2D eigenvalue weighted by molar-refractivity contribution is 0.0696. The Morgan fingerprint density at radius 3 is 2.77 bits per heavy atom. The van der Waals surface area contributed by atoms with E-state index in [0.29, 0.717) is 6.42 Å². The highest BCUT2D eigenvalue weighted by Crippen LogP contribution is 2.13. The van der Waals surface area contributed by atoms with Crippen LogP contribution in [0.4, 0.5) is 0 Å². The number of pyridine rings is 2. The molecule has 0 fully saturated rings. The van der Waals surface area contributed by atoms with E-state index in [1.165, 1.54) is 12.1 Å². The number of imidazole rings is 1. The first kappa shape index (κ1) is 14.1. The average molecular weight is 301 g/mol. The van der Waals surface area contributed by atoms with E-state index in [0.717, 1.165) is 17.0 Å². The number of aryl methyl sites for hydroxylation is 2. The van der Waals surface area contributed by atoms with Crippen LogP contribution < -0.4 is 5.56 Å². The number of hydrogen-bond donors (Lipinski definition) is 2. The van der Waals surface area contributed by atoms with Crippen molar-refractivity contribution in [1.29, 1.82) is 0 Å². The third-order valence-corrected chi connectivity index (χ3v) is 3.08. The van der Waals surface area contributed by atoms with E-state index in [4.69, 9.17) is 6.48 Å². The van der Waals surface area contributed by atoms with Gasteiger partial charge in [-0.2, -0.15) is 0 Å². The maximum atomic E-state index is 10.8. The molecule has 22 heavy (non-hydrogen) atoms. The monoisotopic (exact) mass is 301 g/mol. The molecule has 0 aliphatic rings. The van der Waals surface area contributed by atoms with Crippen molar-refractivity contribution >= 4 is 11.6 Å². The van der Waals surface area contributed by atoms with Gasteiger partial charge in [0.25, 0.3) is 0 Å². The second-order valence-electron chi connectivity index (χ2n) is 4.57. The molecule has 114 valence electrons. The number of carboxylic acids is 1. The number of H-pyrrole nitrogens is 1. The number of nitrogens with zero attached hydrogens (tertiary/aromatic N) is 2. The van der Waals surface area contributed by atoms with Gasteiger partial charge in [0.2, 0.25) is 5.56 Å². The van der Waals surface area contributed by atoms with Crippen molar-refractivity contribution in [3.63, 3.8) is 0 Å². The van der Waals surface area contributed by atoms with E-state index in [-0.39, 0.29) is 18.0 Å². The number of nitrogens with one attached hydrogen (secondary N) is 1. The van der Waals surface area contributed by atoms with E-state index >= 15 is 0 Å². The summed E-state index contributed by atoms with van der Waals surface area (Å²) in [5, 5.41) is 8.90. The number of aromatic nitrogens is 3. The highest BCUT2D eigenvalue weighted by Gasteiger charge is 2.09. The van der Waals surface area contributed by atoms with Crippen molar-refractivity contribution in [1.82, 2.24) is 14.4 Å². The lowest BCUT2D eigenvalue weighted by Gasteiger charge is -2.00. The fourth-order valence-corrected chi connectivity index (χ4v) is 2.02. The first-order chi connectivity index (χ1) is 11.0. The van der Waals surface area contributed by atoms with Crippen molar-refractivity contribution in [3.05, 3.63) is 70.0 Å². The Bertz CT molecular complexity index is 853. The van der Waals surface area contributed by atoms with Gasteiger partial charge >= 0.3 is 5.97 Å². The van der Waals surface area contributed by atoms with E-state index in [9.17, 15) is 9.59 Å². The molecule has 3 heterocycles. The Morgan fingerprint density at radius 2 is 2.23 bits per heavy atom. The van der Waals surface area contributed by atoms with E-state index < -0.39 is 5.97 Å². The van der Waals surface area contributed by atoms with Gasteiger partial charge in [-0.1, -0.05) is 13.0 Å². The van der Waals surface area contributed by atoms with Crippen LogP contribution in [0.3, 0.4) is 0 Å². The molecule has 0 atom stereocenters. The number of carboxylic acid groups (broad SMARTS) is 1. The van der Waals surface area contributed by atoms with Crippen LogP contribution in [-0.2, 0) is 6.42 Å². The molecule has 0 saturated carbocycles. The topological polar surface area (TPSA) is 87.5 Å². The average Bonchev–Trinajstić information content (AvgIpc) is 2.84. The highest BCUT2D eigenvalue weighted by atomic mass is 16.4. The Morgan fingerprint density at radius 1 is 1.41 bits per heavy atom. The molecule has 0 amide bonds. The molecule has 0 unspecified atom stereocenters. The number of rotatable bonds is 2. The maximum absolute atomic E-state index is 10.8. The number of aromatic amines is 1. The summed E-state index contributed by atoms with van der Waals surface area (Å²) in [5.41, 5.74) is 2.67. The van der Waals surface area contributed by atoms with Crippen LogP contribution in [0.25, 0.3) is 5.65 Å². The lowest BCUT2D eigenvalue weighted by Crippen LogP contribution is -2.00. The standard InChI is InChI=1S/C11H12N2O2.C5H5NO/c1-3-9-7(2)12-10-5-4-8(11(14)15)6-13(9)10;7-5-3-1-2-4-6-5/h4-6H,3H2,1-2H3,(H,14,15);1-4H,(H,6,7)/i1T;. The predicted molar refractivity (Wildman–Crippen MR) is 83.3 cm³/mol. The molecule has 3 aromatic heterocycles. The molecule has 0 saturated heterocycles. The van der Waals surface area contributed by atoms with Gasteiger partial charge in [0.05, 0.1) is 11.3 Å². The second kappa shape index (κ2) is 6.71. The zero-order valence-corrected chi connectivity index (χ0v) is 12.1. The van der Waals surface area contributed by atoms with Crippen molar-refractivity contribution in [2.45, 2.75) is 20.2 Å². The van der Waals surface area contributed by atoms with E-state index in [2.05, 4.69) is 9.97 Å². The molecule has 6 nitrogen and oxygen atoms in total. The minimum Gasteiger partial charge on any atom is -0.478 e. The first-order valence-corrected chi connectivity index (χ1v) is 6.66. The van der Waals surface area contributed by atoms with Gasteiger partial charge in [-0.25, -0.2) is 9.78 Å². The molecule has 0 aliphatic carbocycles. The second-order valence-corrected chi connectivity index (χ2v) is 4.57. The minimum atomic E-state index is -0.954. The summed E-state index contributed by atoms with van der Waals surface area (Å²) in [4.78, 5) is 27.9. The van der Waals surface area contributed by atoms with E-state index in [1.54, 1.807) is 35.0 Å². The minimum absolute atomic E-state index is 0.0532. The third kappa shape index (κ3) is 3.41. The molecule has 6 heteroatoms. The predicted octanol–water partition coefficient (Wildman–Crippen LogP) is 2.28. The van der Waals surface area contributed by atoms with Crippen LogP contribution in [0, 0.1) is 6.92 Å². The fraction of sp³-hybridized carbons (Fsp3) is 0.188. The quantitative estimate of drug-likeness (QED) is 0.760. The van der Waals surface area contributed by atoms with Gasteiger partial charge in [-0.15, -0.1) is 0 Å². The van der Waals surface area contributed by atoms with Crippen LogP contribution >= 0.6 is 0 Å². The van der Waals surface area contributed by atoms with Gasteiger partial charge in [0.15, 0.2) is 0 Å². The van der Waals surface area contributed by atoms with Gasteiger partial charge in [0, 0.05) is 25.5 Å². The zero-order valence-electron chi connectivity index (χ0n) is 13.1. The summed E-state index contributed by atoms with van der Waals surface area (Å²) < 4.78 is 8.99. The Balaban J connectivity index is 0.000000229. The maximum Gasteiger partial charge on any atom is 0.337 e. The van der Waals surface area contributed by atoms with Crippen molar-refractivity contribution in [2.24, 2.45) is 0 Å². The van der Waals surface area contributed by atoms with Crippen molar-refractivity contribution in [2.75, 3.05) is 0 Å². The number of aromatic carboxylic acids is 1. The summed E-state index contributed by atoms with van der Waals surface area (Å²) in [6.07, 6.45) is 3.74. The molecular weight excluding hydrogens is 282 g/mol. The highest BCUT2D eigenvalue weighted by molar-refractivity contribution is 5.87. The van der Waals surface area contributed by atoms with Gasteiger partial charge in [-0.05, 0) is 31.5 Å². The Labute approximate surface area is 128 Å². The van der Waals surface area contributed by atoms with Gasteiger partial charge in [0.1, 0.15) is 5.65 Å². The van der Waals surface area contributed by atoms with E-state index in [1.807, 2.05) is 6.92 Å². The third-order valence-electron chi connectivity index (χ3n) is 3.08. The molecule has 0 radical (unpaired) electrons. The van der Waals surface area contributed by atoms with Crippen LogP contribution in [0.5, 0.6) is 0 Å². The zero-order chi connectivity index (χ0) is 16.8. The number of carbonyl (C=O) groups is 1. The van der Waals surface area contributed by atoms with Crippen LogP contribution in [0.15, 0.2) is 47.5 Å². The smallest absolute Gasteiger partial charge is 0.337 e. The summed E-state index contributed by atoms with van der Waals surface area (Å²) in [5.74, 6) is -0.954. The van der Waals surface area contributed by atoms with Crippen molar-refractivity contribution in [3.8, 4) is 0 Å². The lowest BCUT2D eigenvalue weighted by atomic mass is 10.2. The summed E-state index contributed by atoms with van der Waals surface area (Å²) in [6, 6.07) is 8.15. The Kier molecular flexibility index (Phi) is 4.29. The summed E-state index contributed by atoms with van der Waals surface area (Å²) >= 11 is 0. The Hall–Kier alpha value is -2.89. The summed E-state index contributed by atoms with van der Waals surface area (Å²) in [7, 11) is 0. The molecule has 0 aromatic carbocycles. The molecule has 0 spiro atoms. The fourth-order valence-electron chi connectivity index (χ4n) is 2.02. The number of hydrogen-bond acceptors (Lipinski definition) is 3. The van der Waals surface area contributed by atoms with Crippen molar-refractivity contribution < 1.29 is 11.3 Å². The van der Waals surface area contributed by atoms with Crippen LogP contribution in [0.2, 0.25) is 0 Å². The van der Waals surface area contributed by atoms with Gasteiger partial charge < -0.3 is 14.5 Å². The SMILES string of the molecule is O=c1cccc[nH]1.[3H]CCc1c(C)nc2ccc(C(=O)O)cn12. The molecule has 0 aliphatic heterocycles. The molecule has 2 N–H and O–H groups in total. The molecule has 0 bridgehead atoms. The van der Waals surface area contributed by atoms with Crippen LogP contribution in [-0.4, -0.2) is 25.4 Å². The number of fused-ring (bicyclic) bond motifs is 1. The molecule has 3 rings (SSSR count). The van der Waals surface area contributed by atoms with Gasteiger partial charge in [-0.3, -0.25) is 4.79 Å². The van der Waals surface area contributed by atoms with Crippen LogP contribution in [0.1, 0.15) is 30.0 Å². The molecule has 3 aromatic rings. The first-order valence-electron chi connectivity index (χ1n) is 7.37. The molecular formula is C16H17N3O3. The normalized spacial score (nSPS) is 10.7. The largest absolute Gasteiger partial charge is 0.478 e. The summed E-state index contributed by atoms with van der Waals surface area (Å²) in [6.45, 7) is 2.14.